The summed E-state index contributed by atoms with van der Waals surface area (Å²) in [6.07, 6.45) is 3.44. The molecule has 0 aromatic carbocycles. The molecule has 0 aliphatic rings. The van der Waals surface area contributed by atoms with E-state index in [1.165, 1.54) is 6.33 Å². The van der Waals surface area contributed by atoms with Crippen molar-refractivity contribution in [3.63, 3.8) is 0 Å². The van der Waals surface area contributed by atoms with Gasteiger partial charge in [0.15, 0.2) is 11.5 Å². The Morgan fingerprint density at radius 1 is 1.53 bits per heavy atom. The summed E-state index contributed by atoms with van der Waals surface area (Å²) in [5.74, 6) is 0.137. The Morgan fingerprint density at radius 3 is 3.00 bits per heavy atom. The number of anilines is 1. The first-order valence-corrected chi connectivity index (χ1v) is 6.39. The third kappa shape index (κ3) is 3.11. The normalized spacial score (nSPS) is 10.8. The second kappa shape index (κ2) is 5.83. The number of H-pyrrole nitrogens is 1. The molecule has 8 heteroatoms. The number of primary amides is 1. The number of hydrogen-bond acceptors (Lipinski definition) is 5. The smallest absolute Gasteiger partial charge is 0.236 e. The maximum Gasteiger partial charge on any atom is 0.236 e. The van der Waals surface area contributed by atoms with Crippen LogP contribution >= 0.6 is 11.6 Å². The molecule has 0 spiro atoms. The number of carbonyl (C=O) groups is 1. The molecule has 2 rings (SSSR count). The van der Waals surface area contributed by atoms with Crippen LogP contribution in [-0.4, -0.2) is 38.9 Å². The lowest BCUT2D eigenvalue weighted by Crippen LogP contribution is -2.35. The van der Waals surface area contributed by atoms with E-state index in [4.69, 9.17) is 17.3 Å². The van der Waals surface area contributed by atoms with Crippen LogP contribution in [0.15, 0.2) is 6.33 Å². The standard InChI is InChI=1S/C11H15ClN6O/c1-2-3-4-18(5-7(13)19)10-8-9(15-6-14-8)16-11(12)17-10/h6H,2-5H2,1H3,(H2,13,19)(H,14,15,16,17). The van der Waals surface area contributed by atoms with Gasteiger partial charge in [0.2, 0.25) is 11.2 Å². The predicted molar refractivity (Wildman–Crippen MR) is 73.0 cm³/mol. The number of rotatable bonds is 6. The summed E-state index contributed by atoms with van der Waals surface area (Å²) in [6.45, 7) is 2.82. The molecule has 2 aromatic heterocycles. The summed E-state index contributed by atoms with van der Waals surface area (Å²) in [7, 11) is 0. The van der Waals surface area contributed by atoms with E-state index in [9.17, 15) is 4.79 Å². The molecule has 0 atom stereocenters. The third-order valence-corrected chi connectivity index (χ3v) is 2.84. The Labute approximate surface area is 115 Å². The molecule has 1 amide bonds. The largest absolute Gasteiger partial charge is 0.368 e. The molecular formula is C11H15ClN6O. The summed E-state index contributed by atoms with van der Waals surface area (Å²) < 4.78 is 0. The van der Waals surface area contributed by atoms with Gasteiger partial charge in [0.25, 0.3) is 0 Å². The van der Waals surface area contributed by atoms with Crippen LogP contribution in [0.3, 0.4) is 0 Å². The molecule has 0 fully saturated rings. The highest BCUT2D eigenvalue weighted by atomic mass is 35.5. The number of aromatic amines is 1. The van der Waals surface area contributed by atoms with Crippen LogP contribution in [0, 0.1) is 0 Å². The lowest BCUT2D eigenvalue weighted by Gasteiger charge is -2.22. The first-order chi connectivity index (χ1) is 9.11. The van der Waals surface area contributed by atoms with Gasteiger partial charge < -0.3 is 15.6 Å². The molecule has 0 radical (unpaired) electrons. The van der Waals surface area contributed by atoms with Gasteiger partial charge in [-0.25, -0.2) is 4.98 Å². The van der Waals surface area contributed by atoms with Crippen LogP contribution in [0.5, 0.6) is 0 Å². The SMILES string of the molecule is CCCCN(CC(N)=O)c1nc(Cl)nc2nc[nH]c12. The van der Waals surface area contributed by atoms with Crippen molar-refractivity contribution in [2.75, 3.05) is 18.0 Å². The molecule has 0 aliphatic heterocycles. The fourth-order valence-electron chi connectivity index (χ4n) is 1.82. The van der Waals surface area contributed by atoms with Gasteiger partial charge in [-0.3, -0.25) is 4.79 Å². The lowest BCUT2D eigenvalue weighted by atomic mass is 10.3. The van der Waals surface area contributed by atoms with Crippen LogP contribution in [0.1, 0.15) is 19.8 Å². The van der Waals surface area contributed by atoms with Crippen molar-refractivity contribution < 1.29 is 4.79 Å². The Kier molecular flexibility index (Phi) is 4.16. The fourth-order valence-corrected chi connectivity index (χ4v) is 1.98. The number of fused-ring (bicyclic) bond motifs is 1. The van der Waals surface area contributed by atoms with E-state index in [-0.39, 0.29) is 11.8 Å². The number of nitrogens with two attached hydrogens (primary N) is 1. The fraction of sp³-hybridized carbons (Fsp3) is 0.455. The minimum atomic E-state index is -0.418. The van der Waals surface area contributed by atoms with Gasteiger partial charge in [-0.1, -0.05) is 13.3 Å². The van der Waals surface area contributed by atoms with E-state index in [1.54, 1.807) is 4.90 Å². The molecule has 0 saturated carbocycles. The first-order valence-electron chi connectivity index (χ1n) is 6.01. The van der Waals surface area contributed by atoms with Gasteiger partial charge in [0, 0.05) is 6.54 Å². The van der Waals surface area contributed by atoms with Crippen LogP contribution in [0.25, 0.3) is 11.2 Å². The zero-order chi connectivity index (χ0) is 13.8. The van der Waals surface area contributed by atoms with Crippen LogP contribution in [0.2, 0.25) is 5.28 Å². The van der Waals surface area contributed by atoms with E-state index in [0.29, 0.717) is 23.5 Å². The van der Waals surface area contributed by atoms with Gasteiger partial charge >= 0.3 is 0 Å². The zero-order valence-corrected chi connectivity index (χ0v) is 11.3. The number of amides is 1. The Hall–Kier alpha value is -1.89. The average molecular weight is 283 g/mol. The number of hydrogen-bond donors (Lipinski definition) is 2. The van der Waals surface area contributed by atoms with Crippen molar-refractivity contribution in [1.82, 2.24) is 19.9 Å². The highest BCUT2D eigenvalue weighted by Crippen LogP contribution is 2.22. The highest BCUT2D eigenvalue weighted by Gasteiger charge is 2.17. The maximum absolute atomic E-state index is 11.2. The van der Waals surface area contributed by atoms with E-state index >= 15 is 0 Å². The highest BCUT2D eigenvalue weighted by molar-refractivity contribution is 6.28. The van der Waals surface area contributed by atoms with Crippen molar-refractivity contribution in [2.24, 2.45) is 5.73 Å². The van der Waals surface area contributed by atoms with E-state index in [2.05, 4.69) is 26.9 Å². The maximum atomic E-state index is 11.2. The minimum absolute atomic E-state index is 0.0848. The molecule has 19 heavy (non-hydrogen) atoms. The Morgan fingerprint density at radius 2 is 2.32 bits per heavy atom. The molecular weight excluding hydrogens is 268 g/mol. The van der Waals surface area contributed by atoms with Gasteiger partial charge in [-0.05, 0) is 18.0 Å². The average Bonchev–Trinajstić information content (AvgIpc) is 2.80. The van der Waals surface area contributed by atoms with Gasteiger partial charge in [0.05, 0.1) is 12.9 Å². The number of imidazole rings is 1. The topological polar surface area (TPSA) is 101 Å². The molecule has 0 bridgehead atoms. The minimum Gasteiger partial charge on any atom is -0.368 e. The Bertz CT molecular complexity index is 584. The summed E-state index contributed by atoms with van der Waals surface area (Å²) in [4.78, 5) is 28.2. The van der Waals surface area contributed by atoms with Crippen molar-refractivity contribution in [3.8, 4) is 0 Å². The van der Waals surface area contributed by atoms with Gasteiger partial charge in [0.1, 0.15) is 5.52 Å². The molecule has 2 heterocycles. The summed E-state index contributed by atoms with van der Waals surface area (Å²) in [5, 5.41) is 0.0977. The molecule has 102 valence electrons. The van der Waals surface area contributed by atoms with E-state index in [0.717, 1.165) is 12.8 Å². The predicted octanol–water partition coefficient (Wildman–Crippen LogP) is 1.10. The second-order valence-corrected chi connectivity index (χ2v) is 4.50. The Balaban J connectivity index is 2.41. The zero-order valence-electron chi connectivity index (χ0n) is 10.6. The molecule has 0 aliphatic carbocycles. The molecule has 0 unspecified atom stereocenters. The number of nitrogens with one attached hydrogen (secondary N) is 1. The molecule has 2 aromatic rings. The van der Waals surface area contributed by atoms with Crippen LogP contribution < -0.4 is 10.6 Å². The number of unbranched alkanes of at least 4 members (excludes halogenated alkanes) is 1. The van der Waals surface area contributed by atoms with Crippen LogP contribution in [-0.2, 0) is 4.79 Å². The quantitative estimate of drug-likeness (QED) is 0.773. The van der Waals surface area contributed by atoms with E-state index < -0.39 is 5.91 Å². The van der Waals surface area contributed by atoms with Gasteiger partial charge in [-0.2, -0.15) is 9.97 Å². The number of halogens is 1. The monoisotopic (exact) mass is 282 g/mol. The molecule has 0 saturated heterocycles. The van der Waals surface area contributed by atoms with Gasteiger partial charge in [-0.15, -0.1) is 0 Å². The molecule has 3 N–H and O–H groups in total. The number of nitrogens with zero attached hydrogens (tertiary/aromatic N) is 4. The summed E-state index contributed by atoms with van der Waals surface area (Å²) in [6, 6.07) is 0. The van der Waals surface area contributed by atoms with Crippen molar-refractivity contribution in [2.45, 2.75) is 19.8 Å². The number of aromatic nitrogens is 4. The van der Waals surface area contributed by atoms with Crippen LogP contribution in [0.4, 0.5) is 5.82 Å². The first kappa shape index (κ1) is 13.5. The summed E-state index contributed by atoms with van der Waals surface area (Å²) in [5.41, 5.74) is 6.40. The molecule has 7 nitrogen and oxygen atoms in total. The lowest BCUT2D eigenvalue weighted by molar-refractivity contribution is -0.116. The summed E-state index contributed by atoms with van der Waals surface area (Å²) >= 11 is 5.88. The second-order valence-electron chi connectivity index (χ2n) is 4.16. The third-order valence-electron chi connectivity index (χ3n) is 2.67. The van der Waals surface area contributed by atoms with Crippen molar-refractivity contribution >= 4 is 34.5 Å². The number of carbonyl (C=O) groups excluding carboxylic acids is 1. The van der Waals surface area contributed by atoms with Crippen molar-refractivity contribution in [1.29, 1.82) is 0 Å². The van der Waals surface area contributed by atoms with Crippen molar-refractivity contribution in [3.05, 3.63) is 11.6 Å². The van der Waals surface area contributed by atoms with E-state index in [1.807, 2.05) is 0 Å².